The van der Waals surface area contributed by atoms with Crippen LogP contribution in [0, 0.1) is 17.8 Å². The van der Waals surface area contributed by atoms with Crippen LogP contribution < -0.4 is 0 Å². The van der Waals surface area contributed by atoms with E-state index in [1.165, 1.54) is 19.3 Å². The maximum absolute atomic E-state index is 12.3. The van der Waals surface area contributed by atoms with Gasteiger partial charge >= 0.3 is 0 Å². The van der Waals surface area contributed by atoms with E-state index in [2.05, 4.69) is 0 Å². The van der Waals surface area contributed by atoms with Gasteiger partial charge in [-0.3, -0.25) is 4.79 Å². The molecule has 4 nitrogen and oxygen atoms in total. The molecule has 3 rings (SSSR count). The molecule has 1 amide bonds. The molecule has 22 heavy (non-hydrogen) atoms. The van der Waals surface area contributed by atoms with E-state index in [0.717, 1.165) is 5.56 Å². The highest BCUT2D eigenvalue weighted by Crippen LogP contribution is 2.57. The van der Waals surface area contributed by atoms with Crippen LogP contribution in [0.15, 0.2) is 30.3 Å². The van der Waals surface area contributed by atoms with Crippen molar-refractivity contribution in [3.8, 4) is 0 Å². The maximum Gasteiger partial charge on any atom is 0.226 e. The quantitative estimate of drug-likeness (QED) is 0.839. The van der Waals surface area contributed by atoms with Gasteiger partial charge in [0.05, 0.1) is 19.3 Å². The van der Waals surface area contributed by atoms with Gasteiger partial charge in [0.25, 0.3) is 0 Å². The number of ether oxygens (including phenoxy) is 1. The molecular formula is C18H25NO3. The molecule has 2 saturated carbocycles. The number of benzene rings is 1. The van der Waals surface area contributed by atoms with Crippen molar-refractivity contribution < 1.29 is 14.6 Å². The first-order chi connectivity index (χ1) is 10.7. The fraction of sp³-hybridized carbons (Fsp3) is 0.611. The number of rotatable bonds is 7. The second-order valence-corrected chi connectivity index (χ2v) is 6.66. The number of aliphatic hydroxyl groups is 1. The van der Waals surface area contributed by atoms with E-state index in [4.69, 9.17) is 4.74 Å². The average Bonchev–Trinajstić information content (AvgIpc) is 2.99. The van der Waals surface area contributed by atoms with Crippen molar-refractivity contribution >= 4 is 5.91 Å². The van der Waals surface area contributed by atoms with Gasteiger partial charge in [-0.1, -0.05) is 36.8 Å². The first-order valence-electron chi connectivity index (χ1n) is 8.21. The molecule has 3 atom stereocenters. The molecule has 0 aliphatic heterocycles. The predicted octanol–water partition coefficient (Wildman–Crippen LogP) is 2.07. The number of carbonyl (C=O) groups excluding carboxylic acids is 1. The molecule has 0 bridgehead atoms. The van der Waals surface area contributed by atoms with Crippen molar-refractivity contribution in [2.75, 3.05) is 20.2 Å². The van der Waals surface area contributed by atoms with Gasteiger partial charge in [0.15, 0.2) is 0 Å². The van der Waals surface area contributed by atoms with E-state index in [1.807, 2.05) is 30.3 Å². The highest BCUT2D eigenvalue weighted by Gasteiger charge is 2.57. The van der Waals surface area contributed by atoms with Gasteiger partial charge in [0.1, 0.15) is 0 Å². The summed E-state index contributed by atoms with van der Waals surface area (Å²) in [5, 5.41) is 10.0. The number of fused-ring (bicyclic) bond motifs is 1. The van der Waals surface area contributed by atoms with Gasteiger partial charge in [0.2, 0.25) is 5.91 Å². The molecule has 2 aliphatic rings. The van der Waals surface area contributed by atoms with Crippen molar-refractivity contribution in [2.45, 2.75) is 32.0 Å². The van der Waals surface area contributed by atoms with Crippen LogP contribution >= 0.6 is 0 Å². The number of carbonyl (C=O) groups is 1. The number of hydrogen-bond donors (Lipinski definition) is 1. The molecule has 3 unspecified atom stereocenters. The molecule has 2 aliphatic carbocycles. The van der Waals surface area contributed by atoms with Gasteiger partial charge in [0, 0.05) is 19.5 Å². The Balaban J connectivity index is 1.36. The number of nitrogens with zero attached hydrogens (tertiary/aromatic N) is 1. The van der Waals surface area contributed by atoms with Crippen LogP contribution in [0.1, 0.15) is 24.8 Å². The minimum atomic E-state index is -0.628. The molecule has 4 heteroatoms. The minimum absolute atomic E-state index is 0.205. The zero-order chi connectivity index (χ0) is 15.5. The Labute approximate surface area is 132 Å². The van der Waals surface area contributed by atoms with E-state index in [-0.39, 0.29) is 18.4 Å². The monoisotopic (exact) mass is 303 g/mol. The number of likely N-dealkylation sites (N-methyl/N-ethyl adjacent to an activating group) is 1. The number of hydrogen-bond acceptors (Lipinski definition) is 3. The van der Waals surface area contributed by atoms with E-state index in [0.29, 0.717) is 25.0 Å². The third kappa shape index (κ3) is 3.50. The summed E-state index contributed by atoms with van der Waals surface area (Å²) in [6.45, 7) is 1.09. The summed E-state index contributed by atoms with van der Waals surface area (Å²) in [5.74, 6) is 1.69. The molecule has 0 heterocycles. The van der Waals surface area contributed by atoms with Crippen LogP contribution in [-0.2, 0) is 16.1 Å². The molecule has 0 aromatic heterocycles. The lowest BCUT2D eigenvalue weighted by Gasteiger charge is -2.21. The smallest absolute Gasteiger partial charge is 0.226 e. The Kier molecular flexibility index (Phi) is 4.79. The summed E-state index contributed by atoms with van der Waals surface area (Å²) in [6, 6.07) is 9.89. The minimum Gasteiger partial charge on any atom is -0.389 e. The molecule has 1 N–H and O–H groups in total. The zero-order valence-corrected chi connectivity index (χ0v) is 13.1. The van der Waals surface area contributed by atoms with E-state index in [9.17, 15) is 9.90 Å². The second kappa shape index (κ2) is 6.80. The molecule has 2 fully saturated rings. The lowest BCUT2D eigenvalue weighted by Crippen LogP contribution is -2.37. The third-order valence-electron chi connectivity index (χ3n) is 4.97. The highest BCUT2D eigenvalue weighted by molar-refractivity contribution is 5.82. The van der Waals surface area contributed by atoms with Crippen LogP contribution in [0.25, 0.3) is 0 Å². The second-order valence-electron chi connectivity index (χ2n) is 6.66. The Morgan fingerprint density at radius 2 is 2.00 bits per heavy atom. The largest absolute Gasteiger partial charge is 0.389 e. The van der Waals surface area contributed by atoms with Crippen molar-refractivity contribution in [1.29, 1.82) is 0 Å². The summed E-state index contributed by atoms with van der Waals surface area (Å²) in [4.78, 5) is 14.0. The van der Waals surface area contributed by atoms with Crippen molar-refractivity contribution in [3.63, 3.8) is 0 Å². The zero-order valence-electron chi connectivity index (χ0n) is 13.1. The number of aliphatic hydroxyl groups excluding tert-OH is 1. The number of amides is 1. The fourth-order valence-corrected chi connectivity index (χ4v) is 3.79. The molecule has 0 saturated heterocycles. The van der Waals surface area contributed by atoms with Crippen molar-refractivity contribution in [1.82, 2.24) is 4.90 Å². The summed E-state index contributed by atoms with van der Waals surface area (Å²) in [7, 11) is 1.79. The van der Waals surface area contributed by atoms with Gasteiger partial charge < -0.3 is 14.7 Å². The summed E-state index contributed by atoms with van der Waals surface area (Å²) >= 11 is 0. The van der Waals surface area contributed by atoms with E-state index >= 15 is 0 Å². The lowest BCUT2D eigenvalue weighted by molar-refractivity contribution is -0.134. The fourth-order valence-electron chi connectivity index (χ4n) is 3.79. The Morgan fingerprint density at radius 3 is 2.68 bits per heavy atom. The van der Waals surface area contributed by atoms with Gasteiger partial charge in [-0.25, -0.2) is 0 Å². The van der Waals surface area contributed by atoms with Gasteiger partial charge in [-0.2, -0.15) is 0 Å². The maximum atomic E-state index is 12.3. The van der Waals surface area contributed by atoms with E-state index in [1.54, 1.807) is 11.9 Å². The summed E-state index contributed by atoms with van der Waals surface area (Å²) < 4.78 is 5.52. The molecule has 120 valence electrons. The lowest BCUT2D eigenvalue weighted by atomic mass is 10.1. The first kappa shape index (κ1) is 15.5. The van der Waals surface area contributed by atoms with E-state index < -0.39 is 6.10 Å². The molecule has 1 aromatic rings. The molecule has 0 radical (unpaired) electrons. The Morgan fingerprint density at radius 1 is 1.32 bits per heavy atom. The van der Waals surface area contributed by atoms with Crippen LogP contribution in [0.2, 0.25) is 0 Å². The Hall–Kier alpha value is -1.39. The van der Waals surface area contributed by atoms with Gasteiger partial charge in [-0.05, 0) is 30.2 Å². The normalized spacial score (nSPS) is 27.3. The van der Waals surface area contributed by atoms with Crippen LogP contribution in [0.3, 0.4) is 0 Å². The third-order valence-corrected chi connectivity index (χ3v) is 4.97. The van der Waals surface area contributed by atoms with Crippen molar-refractivity contribution in [2.24, 2.45) is 17.8 Å². The van der Waals surface area contributed by atoms with Crippen LogP contribution in [0.4, 0.5) is 0 Å². The summed E-state index contributed by atoms with van der Waals surface area (Å²) in [6.07, 6.45) is 3.06. The SMILES string of the molecule is CN(CC(O)COCc1ccccc1)C(=O)C1C2CCCC21. The Bertz CT molecular complexity index is 494. The molecular weight excluding hydrogens is 278 g/mol. The average molecular weight is 303 g/mol. The topological polar surface area (TPSA) is 49.8 Å². The standard InChI is InChI=1S/C18H25NO3/c1-19(18(21)17-15-8-5-9-16(15)17)10-14(20)12-22-11-13-6-3-2-4-7-13/h2-4,6-7,14-17,20H,5,8-12H2,1H3. The summed E-state index contributed by atoms with van der Waals surface area (Å²) in [5.41, 5.74) is 1.09. The van der Waals surface area contributed by atoms with Gasteiger partial charge in [-0.15, -0.1) is 0 Å². The van der Waals surface area contributed by atoms with Crippen LogP contribution in [-0.4, -0.2) is 42.2 Å². The predicted molar refractivity (Wildman–Crippen MR) is 84.1 cm³/mol. The van der Waals surface area contributed by atoms with Crippen molar-refractivity contribution in [3.05, 3.63) is 35.9 Å². The van der Waals surface area contributed by atoms with Crippen LogP contribution in [0.5, 0.6) is 0 Å². The molecule has 0 spiro atoms. The molecule has 1 aromatic carbocycles. The first-order valence-corrected chi connectivity index (χ1v) is 8.21. The highest BCUT2D eigenvalue weighted by atomic mass is 16.5.